The maximum atomic E-state index is 12.9. The molecule has 0 atom stereocenters. The Hall–Kier alpha value is -2.80. The molecule has 1 saturated carbocycles. The molecule has 0 aromatic heterocycles. The molecule has 0 heterocycles. The molecule has 0 aliphatic heterocycles. The number of carbonyl (C=O) groups is 3. The molecule has 1 fully saturated rings. The lowest BCUT2D eigenvalue weighted by molar-refractivity contribution is -0.118. The van der Waals surface area contributed by atoms with Crippen molar-refractivity contribution in [2.45, 2.75) is 43.9 Å². The Morgan fingerprint density at radius 3 is 2.53 bits per heavy atom. The van der Waals surface area contributed by atoms with Gasteiger partial charge in [0.25, 0.3) is 5.91 Å². The van der Waals surface area contributed by atoms with Gasteiger partial charge < -0.3 is 15.4 Å². The highest BCUT2D eigenvalue weighted by atomic mass is 32.2. The summed E-state index contributed by atoms with van der Waals surface area (Å²) in [6.07, 6.45) is 6.19. The monoisotopic (exact) mass is 454 g/mol. The summed E-state index contributed by atoms with van der Waals surface area (Å²) in [7, 11) is 1.33. The zero-order valence-electron chi connectivity index (χ0n) is 18.6. The highest BCUT2D eigenvalue weighted by Crippen LogP contribution is 2.25. The van der Waals surface area contributed by atoms with E-state index in [0.717, 1.165) is 17.0 Å². The molecule has 0 saturated heterocycles. The number of anilines is 1. The summed E-state index contributed by atoms with van der Waals surface area (Å²) in [4.78, 5) is 37.7. The van der Waals surface area contributed by atoms with Gasteiger partial charge in [-0.05, 0) is 61.6 Å². The predicted octanol–water partition coefficient (Wildman–Crippen LogP) is 4.82. The molecule has 1 aliphatic rings. The van der Waals surface area contributed by atoms with Crippen molar-refractivity contribution in [3.63, 3.8) is 0 Å². The van der Waals surface area contributed by atoms with Crippen LogP contribution in [0.2, 0.25) is 0 Å². The second kappa shape index (κ2) is 11.7. The van der Waals surface area contributed by atoms with Gasteiger partial charge in [-0.15, -0.1) is 11.8 Å². The van der Waals surface area contributed by atoms with Crippen LogP contribution in [-0.2, 0) is 9.53 Å². The van der Waals surface area contributed by atoms with E-state index in [-0.39, 0.29) is 17.6 Å². The first-order chi connectivity index (χ1) is 15.5. The Kier molecular flexibility index (Phi) is 8.73. The maximum absolute atomic E-state index is 12.9. The zero-order chi connectivity index (χ0) is 22.9. The van der Waals surface area contributed by atoms with Crippen LogP contribution in [0.15, 0.2) is 47.4 Å². The van der Waals surface area contributed by atoms with E-state index < -0.39 is 5.97 Å². The molecule has 2 N–H and O–H groups in total. The summed E-state index contributed by atoms with van der Waals surface area (Å²) in [6, 6.07) is 12.2. The number of aryl methyl sites for hydroxylation is 1. The SMILES string of the molecule is COC(=O)c1ccc(NC(=O)c2ccccc2SCC(=O)NCC2CCCCC2)c(C)c1. The second-order valence-corrected chi connectivity index (χ2v) is 9.09. The van der Waals surface area contributed by atoms with Crippen LogP contribution >= 0.6 is 11.8 Å². The quantitative estimate of drug-likeness (QED) is 0.441. The second-order valence-electron chi connectivity index (χ2n) is 8.07. The molecule has 0 spiro atoms. The van der Waals surface area contributed by atoms with Crippen molar-refractivity contribution in [3.8, 4) is 0 Å². The summed E-state index contributed by atoms with van der Waals surface area (Å²) in [6.45, 7) is 2.56. The minimum Gasteiger partial charge on any atom is -0.465 e. The molecular weight excluding hydrogens is 424 g/mol. The first-order valence-electron chi connectivity index (χ1n) is 11.0. The van der Waals surface area contributed by atoms with Crippen LogP contribution in [0.5, 0.6) is 0 Å². The molecular formula is C25H30N2O4S. The van der Waals surface area contributed by atoms with Gasteiger partial charge in [-0.25, -0.2) is 4.79 Å². The molecule has 6 nitrogen and oxygen atoms in total. The number of hydrogen-bond donors (Lipinski definition) is 2. The summed E-state index contributed by atoms with van der Waals surface area (Å²) < 4.78 is 4.73. The fourth-order valence-electron chi connectivity index (χ4n) is 3.86. The van der Waals surface area contributed by atoms with Gasteiger partial charge in [0.05, 0.1) is 24.0 Å². The van der Waals surface area contributed by atoms with E-state index in [4.69, 9.17) is 4.74 Å². The normalized spacial score (nSPS) is 13.9. The third-order valence-corrected chi connectivity index (χ3v) is 6.77. The largest absolute Gasteiger partial charge is 0.465 e. The standard InChI is InChI=1S/C25H30N2O4S/c1-17-14-19(25(30)31-2)12-13-21(17)27-24(29)20-10-6-7-11-22(20)32-16-23(28)26-15-18-8-4-3-5-9-18/h6-7,10-14,18H,3-5,8-9,15-16H2,1-2H3,(H,26,28)(H,27,29). The molecule has 32 heavy (non-hydrogen) atoms. The summed E-state index contributed by atoms with van der Waals surface area (Å²) in [5.41, 5.74) is 2.31. The van der Waals surface area contributed by atoms with Crippen molar-refractivity contribution in [2.75, 3.05) is 24.7 Å². The van der Waals surface area contributed by atoms with Crippen molar-refractivity contribution in [2.24, 2.45) is 5.92 Å². The van der Waals surface area contributed by atoms with E-state index in [1.165, 1.54) is 51.0 Å². The van der Waals surface area contributed by atoms with Crippen molar-refractivity contribution in [3.05, 3.63) is 59.2 Å². The van der Waals surface area contributed by atoms with Crippen molar-refractivity contribution >= 4 is 35.2 Å². The fraction of sp³-hybridized carbons (Fsp3) is 0.400. The van der Waals surface area contributed by atoms with Crippen LogP contribution in [0.1, 0.15) is 58.4 Å². The third kappa shape index (κ3) is 6.60. The summed E-state index contributed by atoms with van der Waals surface area (Å²) in [5.74, 6) is 0.165. The molecule has 2 amide bonds. The minimum atomic E-state index is -0.422. The molecule has 7 heteroatoms. The van der Waals surface area contributed by atoms with Crippen LogP contribution < -0.4 is 10.6 Å². The topological polar surface area (TPSA) is 84.5 Å². The number of amides is 2. The Bertz CT molecular complexity index is 970. The fourth-order valence-corrected chi connectivity index (χ4v) is 4.74. The zero-order valence-corrected chi connectivity index (χ0v) is 19.4. The average Bonchev–Trinajstić information content (AvgIpc) is 2.82. The Morgan fingerprint density at radius 1 is 1.06 bits per heavy atom. The summed E-state index contributed by atoms with van der Waals surface area (Å²) in [5, 5.41) is 5.94. The molecule has 0 radical (unpaired) electrons. The van der Waals surface area contributed by atoms with Crippen LogP contribution in [0.25, 0.3) is 0 Å². The first-order valence-corrected chi connectivity index (χ1v) is 12.0. The van der Waals surface area contributed by atoms with Gasteiger partial charge >= 0.3 is 5.97 Å². The van der Waals surface area contributed by atoms with E-state index in [0.29, 0.717) is 22.7 Å². The smallest absolute Gasteiger partial charge is 0.337 e. The number of esters is 1. The third-order valence-electron chi connectivity index (χ3n) is 5.70. The number of ether oxygens (including phenoxy) is 1. The number of methoxy groups -OCH3 is 1. The molecule has 170 valence electrons. The van der Waals surface area contributed by atoms with Gasteiger partial charge in [0, 0.05) is 17.1 Å². The van der Waals surface area contributed by atoms with Crippen molar-refractivity contribution in [1.29, 1.82) is 0 Å². The lowest BCUT2D eigenvalue weighted by atomic mass is 9.89. The summed E-state index contributed by atoms with van der Waals surface area (Å²) >= 11 is 1.36. The number of carbonyl (C=O) groups excluding carboxylic acids is 3. The predicted molar refractivity (Wildman–Crippen MR) is 127 cm³/mol. The van der Waals surface area contributed by atoms with Crippen molar-refractivity contribution < 1.29 is 19.1 Å². The maximum Gasteiger partial charge on any atom is 0.337 e. The molecule has 2 aromatic rings. The number of benzene rings is 2. The highest BCUT2D eigenvalue weighted by Gasteiger charge is 2.17. The van der Waals surface area contributed by atoms with Gasteiger partial charge in [0.1, 0.15) is 0 Å². The molecule has 0 unspecified atom stereocenters. The molecule has 0 bridgehead atoms. The van der Waals surface area contributed by atoms with Gasteiger partial charge in [-0.2, -0.15) is 0 Å². The van der Waals surface area contributed by atoms with Gasteiger partial charge in [-0.1, -0.05) is 31.4 Å². The Balaban J connectivity index is 1.58. The van der Waals surface area contributed by atoms with E-state index in [1.807, 2.05) is 19.1 Å². The average molecular weight is 455 g/mol. The Morgan fingerprint density at radius 2 is 1.81 bits per heavy atom. The van der Waals surface area contributed by atoms with Crippen molar-refractivity contribution in [1.82, 2.24) is 5.32 Å². The minimum absolute atomic E-state index is 0.00923. The molecule has 3 rings (SSSR count). The van der Waals surface area contributed by atoms with E-state index in [1.54, 1.807) is 30.3 Å². The number of nitrogens with one attached hydrogen (secondary N) is 2. The molecule has 2 aromatic carbocycles. The van der Waals surface area contributed by atoms with E-state index in [9.17, 15) is 14.4 Å². The van der Waals surface area contributed by atoms with E-state index in [2.05, 4.69) is 10.6 Å². The van der Waals surface area contributed by atoms with Gasteiger partial charge in [0.15, 0.2) is 0 Å². The highest BCUT2D eigenvalue weighted by molar-refractivity contribution is 8.00. The van der Waals surface area contributed by atoms with E-state index >= 15 is 0 Å². The van der Waals surface area contributed by atoms with Crippen LogP contribution in [0.4, 0.5) is 5.69 Å². The lowest BCUT2D eigenvalue weighted by Gasteiger charge is -2.21. The van der Waals surface area contributed by atoms with Crippen LogP contribution in [0, 0.1) is 12.8 Å². The lowest BCUT2D eigenvalue weighted by Crippen LogP contribution is -2.31. The number of hydrogen-bond acceptors (Lipinski definition) is 5. The van der Waals surface area contributed by atoms with Gasteiger partial charge in [0.2, 0.25) is 5.91 Å². The van der Waals surface area contributed by atoms with Crippen LogP contribution in [-0.4, -0.2) is 37.2 Å². The van der Waals surface area contributed by atoms with Gasteiger partial charge in [-0.3, -0.25) is 9.59 Å². The molecule has 1 aliphatic carbocycles. The Labute approximate surface area is 193 Å². The number of rotatable bonds is 8. The first kappa shape index (κ1) is 23.9. The number of thioether (sulfide) groups is 1. The van der Waals surface area contributed by atoms with Crippen LogP contribution in [0.3, 0.4) is 0 Å².